The van der Waals surface area contributed by atoms with Gasteiger partial charge in [-0.1, -0.05) is 79.7 Å². The van der Waals surface area contributed by atoms with Gasteiger partial charge in [0, 0.05) is 35.6 Å². The van der Waals surface area contributed by atoms with Gasteiger partial charge in [-0.05, 0) is 47.7 Å². The van der Waals surface area contributed by atoms with E-state index in [1.54, 1.807) is 11.4 Å². The molecular formula is C27H42N2. The summed E-state index contributed by atoms with van der Waals surface area (Å²) in [5.74, 6) is 3.61. The molecule has 0 bridgehead atoms. The maximum absolute atomic E-state index is 2.55. The molecule has 0 unspecified atom stereocenters. The Morgan fingerprint density at radius 1 is 0.655 bits per heavy atom. The van der Waals surface area contributed by atoms with E-state index in [-0.39, 0.29) is 0 Å². The van der Waals surface area contributed by atoms with Gasteiger partial charge in [0.25, 0.3) is 0 Å². The van der Waals surface area contributed by atoms with Crippen molar-refractivity contribution < 1.29 is 0 Å². The Bertz CT molecular complexity index is 680. The van der Waals surface area contributed by atoms with Crippen LogP contribution in [0.15, 0.2) is 59.2 Å². The highest BCUT2D eigenvalue weighted by Gasteiger charge is 2.34. The summed E-state index contributed by atoms with van der Waals surface area (Å²) in [5.41, 5.74) is 6.14. The van der Waals surface area contributed by atoms with Crippen molar-refractivity contribution in [1.82, 2.24) is 9.80 Å². The Kier molecular flexibility index (Phi) is 6.81. The SMILES string of the molecule is CC(C)C1=C(N2C=CN(C3=C(C(C)C)C=CC[C@@H]3C(C)C)C2)[C@@H](C(C)C)CC=C1. The molecule has 0 aromatic heterocycles. The zero-order valence-corrected chi connectivity index (χ0v) is 19.9. The molecule has 1 heterocycles. The second-order valence-electron chi connectivity index (χ2n) is 10.3. The van der Waals surface area contributed by atoms with Crippen LogP contribution in [-0.2, 0) is 0 Å². The maximum atomic E-state index is 2.55. The van der Waals surface area contributed by atoms with Crippen molar-refractivity contribution >= 4 is 0 Å². The van der Waals surface area contributed by atoms with Crippen LogP contribution in [0, 0.1) is 35.5 Å². The predicted octanol–water partition coefficient (Wildman–Crippen LogP) is 7.32. The molecule has 2 nitrogen and oxygen atoms in total. The second kappa shape index (κ2) is 8.98. The molecule has 3 rings (SSSR count). The fourth-order valence-electron chi connectivity index (χ4n) is 5.15. The van der Waals surface area contributed by atoms with Crippen molar-refractivity contribution in [1.29, 1.82) is 0 Å². The first kappa shape index (κ1) is 22.0. The lowest BCUT2D eigenvalue weighted by Crippen LogP contribution is -2.35. The summed E-state index contributed by atoms with van der Waals surface area (Å²) < 4.78 is 0. The fraction of sp³-hybridized carbons (Fsp3) is 0.630. The predicted molar refractivity (Wildman–Crippen MR) is 126 cm³/mol. The van der Waals surface area contributed by atoms with Gasteiger partial charge in [0.2, 0.25) is 0 Å². The number of allylic oxidation sites excluding steroid dienone is 8. The average Bonchev–Trinajstić information content (AvgIpc) is 3.15. The van der Waals surface area contributed by atoms with Crippen LogP contribution in [0.25, 0.3) is 0 Å². The van der Waals surface area contributed by atoms with E-state index in [0.717, 1.165) is 19.5 Å². The normalized spacial score (nSPS) is 25.2. The summed E-state index contributed by atoms with van der Waals surface area (Å²) in [4.78, 5) is 5.09. The molecule has 2 heteroatoms. The van der Waals surface area contributed by atoms with Crippen LogP contribution < -0.4 is 0 Å². The van der Waals surface area contributed by atoms with Gasteiger partial charge < -0.3 is 9.80 Å². The van der Waals surface area contributed by atoms with Crippen molar-refractivity contribution in [2.75, 3.05) is 6.67 Å². The van der Waals surface area contributed by atoms with Crippen molar-refractivity contribution in [2.24, 2.45) is 35.5 Å². The van der Waals surface area contributed by atoms with Gasteiger partial charge in [0.15, 0.2) is 0 Å². The zero-order chi connectivity index (χ0) is 21.3. The Labute approximate surface area is 179 Å². The molecule has 160 valence electrons. The van der Waals surface area contributed by atoms with Crippen molar-refractivity contribution in [2.45, 2.75) is 68.2 Å². The van der Waals surface area contributed by atoms with Crippen LogP contribution in [-0.4, -0.2) is 16.5 Å². The summed E-state index contributed by atoms with van der Waals surface area (Å²) in [6.45, 7) is 19.8. The molecule has 3 aliphatic rings. The number of hydrogen-bond acceptors (Lipinski definition) is 2. The number of hydrogen-bond donors (Lipinski definition) is 0. The minimum atomic E-state index is 0.553. The first-order valence-corrected chi connectivity index (χ1v) is 11.7. The summed E-state index contributed by atoms with van der Waals surface area (Å²) in [7, 11) is 0. The van der Waals surface area contributed by atoms with Gasteiger partial charge in [-0.3, -0.25) is 0 Å². The van der Waals surface area contributed by atoms with E-state index >= 15 is 0 Å². The van der Waals surface area contributed by atoms with Gasteiger partial charge >= 0.3 is 0 Å². The van der Waals surface area contributed by atoms with Crippen LogP contribution in [0.5, 0.6) is 0 Å². The topological polar surface area (TPSA) is 6.48 Å². The highest BCUT2D eigenvalue weighted by atomic mass is 15.4. The zero-order valence-electron chi connectivity index (χ0n) is 19.9. The third kappa shape index (κ3) is 4.42. The summed E-state index contributed by atoms with van der Waals surface area (Å²) in [6.07, 6.45) is 16.5. The molecule has 0 aromatic rings. The second-order valence-corrected chi connectivity index (χ2v) is 10.3. The van der Waals surface area contributed by atoms with Crippen LogP contribution >= 0.6 is 0 Å². The summed E-state index contributed by atoms with van der Waals surface area (Å²) in [6, 6.07) is 0. The lowest BCUT2D eigenvalue weighted by atomic mass is 9.80. The Balaban J connectivity index is 1.96. The van der Waals surface area contributed by atoms with Crippen LogP contribution in [0.1, 0.15) is 68.2 Å². The lowest BCUT2D eigenvalue weighted by Gasteiger charge is -2.38. The minimum Gasteiger partial charge on any atom is -0.331 e. The third-order valence-electron chi connectivity index (χ3n) is 6.87. The first-order valence-electron chi connectivity index (χ1n) is 11.7. The summed E-state index contributed by atoms with van der Waals surface area (Å²) in [5, 5.41) is 0. The Morgan fingerprint density at radius 3 is 1.34 bits per heavy atom. The van der Waals surface area contributed by atoms with Gasteiger partial charge in [0.1, 0.15) is 0 Å². The van der Waals surface area contributed by atoms with Gasteiger partial charge in [0.05, 0.1) is 6.67 Å². The molecule has 0 amide bonds. The highest BCUT2D eigenvalue weighted by molar-refractivity contribution is 5.37. The monoisotopic (exact) mass is 394 g/mol. The van der Waals surface area contributed by atoms with Gasteiger partial charge in [-0.2, -0.15) is 0 Å². The van der Waals surface area contributed by atoms with E-state index in [1.165, 1.54) is 11.1 Å². The maximum Gasteiger partial charge on any atom is 0.0983 e. The summed E-state index contributed by atoms with van der Waals surface area (Å²) >= 11 is 0. The molecule has 0 saturated heterocycles. The van der Waals surface area contributed by atoms with E-state index < -0.39 is 0 Å². The lowest BCUT2D eigenvalue weighted by molar-refractivity contribution is 0.254. The van der Waals surface area contributed by atoms with Gasteiger partial charge in [-0.25, -0.2) is 0 Å². The van der Waals surface area contributed by atoms with Crippen molar-refractivity contribution in [3.8, 4) is 0 Å². The van der Waals surface area contributed by atoms with Gasteiger partial charge in [-0.15, -0.1) is 0 Å². The third-order valence-corrected chi connectivity index (χ3v) is 6.87. The van der Waals surface area contributed by atoms with Crippen molar-refractivity contribution in [3.63, 3.8) is 0 Å². The molecule has 29 heavy (non-hydrogen) atoms. The number of nitrogens with zero attached hydrogens (tertiary/aromatic N) is 2. The van der Waals surface area contributed by atoms with E-state index in [2.05, 4.69) is 102 Å². The first-order chi connectivity index (χ1) is 13.7. The van der Waals surface area contributed by atoms with E-state index in [1.807, 2.05) is 0 Å². The van der Waals surface area contributed by atoms with Crippen LogP contribution in [0.3, 0.4) is 0 Å². The van der Waals surface area contributed by atoms with Crippen LogP contribution in [0.2, 0.25) is 0 Å². The smallest absolute Gasteiger partial charge is 0.0983 e. The minimum absolute atomic E-state index is 0.553. The molecule has 0 saturated carbocycles. The molecule has 0 radical (unpaired) electrons. The van der Waals surface area contributed by atoms with E-state index in [9.17, 15) is 0 Å². The standard InChI is InChI=1S/C27H42N2/c1-18(2)22-11-9-12-23(19(3)4)26(22)28-15-16-29(17-28)27-24(20(5)6)13-10-14-25(27)21(7)8/h9-11,13,15-16,18-21,23,25H,12,14,17H2,1-8H3/t23-,25-/m1/s1. The molecule has 0 spiro atoms. The molecule has 0 fully saturated rings. The number of rotatable bonds is 6. The molecular weight excluding hydrogens is 352 g/mol. The molecule has 0 aromatic carbocycles. The van der Waals surface area contributed by atoms with Crippen LogP contribution in [0.4, 0.5) is 0 Å². The fourth-order valence-corrected chi connectivity index (χ4v) is 5.15. The molecule has 0 N–H and O–H groups in total. The molecule has 2 aliphatic carbocycles. The Hall–Kier alpha value is -1.70. The highest BCUT2D eigenvalue weighted by Crippen LogP contribution is 2.41. The largest absolute Gasteiger partial charge is 0.331 e. The van der Waals surface area contributed by atoms with E-state index in [4.69, 9.17) is 0 Å². The molecule has 1 aliphatic heterocycles. The Morgan fingerprint density at radius 2 is 1.03 bits per heavy atom. The quantitative estimate of drug-likeness (QED) is 0.466. The van der Waals surface area contributed by atoms with Crippen molar-refractivity contribution in [3.05, 3.63) is 59.2 Å². The molecule has 2 atom stereocenters. The average molecular weight is 395 g/mol. The van der Waals surface area contributed by atoms with E-state index in [0.29, 0.717) is 35.5 Å².